The molecule has 0 atom stereocenters. The van der Waals surface area contributed by atoms with Crippen LogP contribution in [0.4, 0.5) is 0 Å². The summed E-state index contributed by atoms with van der Waals surface area (Å²) in [7, 11) is 0. The minimum absolute atomic E-state index is 0.0859. The van der Waals surface area contributed by atoms with Gasteiger partial charge in [0.15, 0.2) is 0 Å². The third kappa shape index (κ3) is 3.40. The van der Waals surface area contributed by atoms with Gasteiger partial charge in [-0.3, -0.25) is 4.99 Å². The van der Waals surface area contributed by atoms with E-state index in [2.05, 4.69) is 30.7 Å². The first-order chi connectivity index (χ1) is 5.08. The van der Waals surface area contributed by atoms with Gasteiger partial charge in [0.1, 0.15) is 0 Å². The van der Waals surface area contributed by atoms with E-state index in [9.17, 15) is 0 Å². The Labute approximate surface area is 69.3 Å². The van der Waals surface area contributed by atoms with Gasteiger partial charge in [-0.1, -0.05) is 0 Å². The molecule has 0 radical (unpaired) electrons. The normalized spacial score (nSPS) is 20.1. The smallest absolute Gasteiger partial charge is 0.0856 e. The van der Waals surface area contributed by atoms with Crippen molar-refractivity contribution in [1.29, 1.82) is 0 Å². The van der Waals surface area contributed by atoms with Gasteiger partial charge in [0.2, 0.25) is 0 Å². The lowest BCUT2D eigenvalue weighted by atomic mass is 10.1. The molecule has 11 heavy (non-hydrogen) atoms. The van der Waals surface area contributed by atoms with E-state index < -0.39 is 0 Å². The summed E-state index contributed by atoms with van der Waals surface area (Å²) in [6.45, 7) is 8.76. The Morgan fingerprint density at radius 1 is 1.18 bits per heavy atom. The number of rotatable bonds is 1. The molecule has 0 aromatic heterocycles. The van der Waals surface area contributed by atoms with Gasteiger partial charge in [0.05, 0.1) is 11.9 Å². The number of likely N-dealkylation sites (tertiary alicyclic amines) is 1. The number of hydrogen-bond acceptors (Lipinski definition) is 1. The standard InChI is InChI=1S/C9H18N2/c1-9(2,3)10-8-11-6-4-5-7-11/h8H,4-7H2,1-3H3/b10-8+. The zero-order valence-electron chi connectivity index (χ0n) is 7.80. The fourth-order valence-electron chi connectivity index (χ4n) is 1.11. The Morgan fingerprint density at radius 3 is 2.18 bits per heavy atom. The summed E-state index contributed by atoms with van der Waals surface area (Å²) in [5, 5.41) is 0. The molecule has 1 saturated heterocycles. The quantitative estimate of drug-likeness (QED) is 0.416. The zero-order chi connectivity index (χ0) is 8.32. The van der Waals surface area contributed by atoms with Crippen molar-refractivity contribution in [2.75, 3.05) is 13.1 Å². The van der Waals surface area contributed by atoms with Crippen LogP contribution in [0.5, 0.6) is 0 Å². The van der Waals surface area contributed by atoms with E-state index in [1.807, 2.05) is 6.34 Å². The molecule has 0 spiro atoms. The molecule has 2 nitrogen and oxygen atoms in total. The Balaban J connectivity index is 2.34. The van der Waals surface area contributed by atoms with Crippen LogP contribution in [0.25, 0.3) is 0 Å². The van der Waals surface area contributed by atoms with Crippen molar-refractivity contribution >= 4 is 6.34 Å². The van der Waals surface area contributed by atoms with Crippen molar-refractivity contribution in [1.82, 2.24) is 4.90 Å². The van der Waals surface area contributed by atoms with Crippen molar-refractivity contribution in [2.45, 2.75) is 39.2 Å². The number of aliphatic imine (C=N–C) groups is 1. The van der Waals surface area contributed by atoms with Crippen molar-refractivity contribution in [3.63, 3.8) is 0 Å². The van der Waals surface area contributed by atoms with Gasteiger partial charge in [0, 0.05) is 13.1 Å². The Bertz CT molecular complexity index is 138. The molecule has 0 aromatic carbocycles. The molecule has 0 aliphatic carbocycles. The Hall–Kier alpha value is -0.530. The second kappa shape index (κ2) is 3.24. The van der Waals surface area contributed by atoms with Gasteiger partial charge < -0.3 is 4.90 Å². The minimum atomic E-state index is 0.0859. The molecule has 1 aliphatic rings. The largest absolute Gasteiger partial charge is 0.363 e. The lowest BCUT2D eigenvalue weighted by molar-refractivity contribution is 0.510. The predicted octanol–water partition coefficient (Wildman–Crippen LogP) is 1.91. The summed E-state index contributed by atoms with van der Waals surface area (Å²) in [6.07, 6.45) is 4.67. The lowest BCUT2D eigenvalue weighted by Gasteiger charge is -2.15. The highest BCUT2D eigenvalue weighted by atomic mass is 15.2. The van der Waals surface area contributed by atoms with Crippen molar-refractivity contribution in [3.8, 4) is 0 Å². The first-order valence-corrected chi connectivity index (χ1v) is 4.37. The summed E-state index contributed by atoms with van der Waals surface area (Å²) >= 11 is 0. The summed E-state index contributed by atoms with van der Waals surface area (Å²) < 4.78 is 0. The number of nitrogens with zero attached hydrogens (tertiary/aromatic N) is 2. The van der Waals surface area contributed by atoms with Crippen LogP contribution in [0.3, 0.4) is 0 Å². The van der Waals surface area contributed by atoms with Crippen LogP contribution < -0.4 is 0 Å². The van der Waals surface area contributed by atoms with Gasteiger partial charge in [0.25, 0.3) is 0 Å². The van der Waals surface area contributed by atoms with E-state index in [-0.39, 0.29) is 5.54 Å². The molecule has 2 heteroatoms. The van der Waals surface area contributed by atoms with E-state index in [0.717, 1.165) is 0 Å². The summed E-state index contributed by atoms with van der Waals surface area (Å²) in [5.74, 6) is 0. The maximum absolute atomic E-state index is 4.44. The van der Waals surface area contributed by atoms with Crippen LogP contribution in [-0.4, -0.2) is 29.9 Å². The fraction of sp³-hybridized carbons (Fsp3) is 0.889. The van der Waals surface area contributed by atoms with Crippen LogP contribution in [0.1, 0.15) is 33.6 Å². The van der Waals surface area contributed by atoms with Crippen molar-refractivity contribution in [2.24, 2.45) is 4.99 Å². The number of hydrogen-bond donors (Lipinski definition) is 0. The SMILES string of the molecule is CC(C)(C)/N=C/N1CCCC1. The van der Waals surface area contributed by atoms with Gasteiger partial charge in [-0.05, 0) is 33.6 Å². The molecule has 1 fully saturated rings. The van der Waals surface area contributed by atoms with Gasteiger partial charge >= 0.3 is 0 Å². The van der Waals surface area contributed by atoms with E-state index in [4.69, 9.17) is 0 Å². The van der Waals surface area contributed by atoms with Crippen LogP contribution in [0.15, 0.2) is 4.99 Å². The second-order valence-corrected chi connectivity index (χ2v) is 4.16. The second-order valence-electron chi connectivity index (χ2n) is 4.16. The summed E-state index contributed by atoms with van der Waals surface area (Å²) in [5.41, 5.74) is 0.0859. The monoisotopic (exact) mass is 154 g/mol. The van der Waals surface area contributed by atoms with Crippen LogP contribution in [0.2, 0.25) is 0 Å². The zero-order valence-corrected chi connectivity index (χ0v) is 7.80. The third-order valence-electron chi connectivity index (χ3n) is 1.75. The molecule has 1 rings (SSSR count). The summed E-state index contributed by atoms with van der Waals surface area (Å²) in [6, 6.07) is 0. The van der Waals surface area contributed by atoms with Crippen LogP contribution in [0, 0.1) is 0 Å². The minimum Gasteiger partial charge on any atom is -0.363 e. The van der Waals surface area contributed by atoms with Gasteiger partial charge in [-0.25, -0.2) is 0 Å². The van der Waals surface area contributed by atoms with E-state index >= 15 is 0 Å². The Morgan fingerprint density at radius 2 is 1.73 bits per heavy atom. The average molecular weight is 154 g/mol. The highest BCUT2D eigenvalue weighted by Gasteiger charge is 2.09. The maximum Gasteiger partial charge on any atom is 0.0856 e. The average Bonchev–Trinajstić information content (AvgIpc) is 2.32. The highest BCUT2D eigenvalue weighted by molar-refractivity contribution is 5.55. The van der Waals surface area contributed by atoms with E-state index in [1.165, 1.54) is 25.9 Å². The molecule has 0 unspecified atom stereocenters. The molecule has 0 bridgehead atoms. The fourth-order valence-corrected chi connectivity index (χ4v) is 1.11. The predicted molar refractivity (Wildman–Crippen MR) is 49.1 cm³/mol. The van der Waals surface area contributed by atoms with E-state index in [1.54, 1.807) is 0 Å². The maximum atomic E-state index is 4.44. The first kappa shape index (κ1) is 8.57. The van der Waals surface area contributed by atoms with Crippen molar-refractivity contribution < 1.29 is 0 Å². The van der Waals surface area contributed by atoms with Crippen LogP contribution in [-0.2, 0) is 0 Å². The molecule has 0 N–H and O–H groups in total. The molecule has 64 valence electrons. The molecular weight excluding hydrogens is 136 g/mol. The lowest BCUT2D eigenvalue weighted by Crippen LogP contribution is -2.20. The van der Waals surface area contributed by atoms with Gasteiger partial charge in [-0.2, -0.15) is 0 Å². The van der Waals surface area contributed by atoms with Crippen LogP contribution >= 0.6 is 0 Å². The highest BCUT2D eigenvalue weighted by Crippen LogP contribution is 2.08. The topological polar surface area (TPSA) is 15.6 Å². The van der Waals surface area contributed by atoms with Crippen molar-refractivity contribution in [3.05, 3.63) is 0 Å². The molecule has 0 amide bonds. The molecule has 0 aromatic rings. The Kier molecular flexibility index (Phi) is 2.53. The van der Waals surface area contributed by atoms with Gasteiger partial charge in [-0.15, -0.1) is 0 Å². The molecular formula is C9H18N2. The summed E-state index contributed by atoms with van der Waals surface area (Å²) in [4.78, 5) is 6.74. The molecule has 1 heterocycles. The molecule has 0 saturated carbocycles. The van der Waals surface area contributed by atoms with E-state index in [0.29, 0.717) is 0 Å². The third-order valence-corrected chi connectivity index (χ3v) is 1.75. The molecule has 1 aliphatic heterocycles. The first-order valence-electron chi connectivity index (χ1n) is 4.37.